The van der Waals surface area contributed by atoms with Crippen LogP contribution in [0.25, 0.3) is 11.0 Å². The first-order valence-electron chi connectivity index (χ1n) is 10.4. The molecule has 0 saturated carbocycles. The van der Waals surface area contributed by atoms with Crippen LogP contribution < -0.4 is 16.0 Å². The molecule has 2 aromatic carbocycles. The molecule has 0 radical (unpaired) electrons. The molecule has 0 aliphatic carbocycles. The van der Waals surface area contributed by atoms with Gasteiger partial charge in [0, 0.05) is 18.5 Å². The van der Waals surface area contributed by atoms with Crippen LogP contribution in [0.2, 0.25) is 0 Å². The fraction of sp³-hybridized carbons (Fsp3) is 0.304. The van der Waals surface area contributed by atoms with Crippen molar-refractivity contribution in [3.63, 3.8) is 0 Å². The lowest BCUT2D eigenvalue weighted by Crippen LogP contribution is -2.41. The number of nitrogens with zero attached hydrogens (tertiary/aromatic N) is 1. The van der Waals surface area contributed by atoms with Gasteiger partial charge in [-0.15, -0.1) is 0 Å². The van der Waals surface area contributed by atoms with Gasteiger partial charge in [0.15, 0.2) is 0 Å². The number of amides is 3. The van der Waals surface area contributed by atoms with Crippen molar-refractivity contribution in [1.82, 2.24) is 15.3 Å². The third-order valence-corrected chi connectivity index (χ3v) is 5.13. The van der Waals surface area contributed by atoms with Crippen LogP contribution in [0, 0.1) is 5.92 Å². The number of fused-ring (bicyclic) bond motifs is 2. The molecule has 8 heteroatoms. The number of hydrogen-bond donors (Lipinski definition) is 4. The summed E-state index contributed by atoms with van der Waals surface area (Å²) in [6.45, 7) is 4.27. The summed E-state index contributed by atoms with van der Waals surface area (Å²) in [4.78, 5) is 45.1. The molecule has 4 rings (SSSR count). The summed E-state index contributed by atoms with van der Waals surface area (Å²) in [5.41, 5.74) is 3.25. The predicted octanol–water partition coefficient (Wildman–Crippen LogP) is 3.23. The molecule has 1 aliphatic rings. The van der Waals surface area contributed by atoms with Crippen LogP contribution in [-0.4, -0.2) is 33.7 Å². The zero-order valence-electron chi connectivity index (χ0n) is 17.5. The first-order valence-corrected chi connectivity index (χ1v) is 10.4. The molecule has 1 aromatic heterocycles. The Morgan fingerprint density at radius 2 is 1.97 bits per heavy atom. The number of benzene rings is 2. The van der Waals surface area contributed by atoms with Gasteiger partial charge in [-0.2, -0.15) is 0 Å². The standard InChI is InChI=1S/C23H25N5O3/c1-13(2)11-20-25-17-8-7-14(12-19(17)26-20)24-21(29)10-9-18-23(31)27-16-6-4-3-5-15(16)22(30)28-18/h3-8,12-13,18H,9-11H2,1-2H3,(H,24,29)(H,25,26)(H,27,31)(H,28,30). The Morgan fingerprint density at radius 1 is 1.16 bits per heavy atom. The fourth-order valence-corrected chi connectivity index (χ4v) is 3.64. The molecular weight excluding hydrogens is 394 g/mol. The summed E-state index contributed by atoms with van der Waals surface area (Å²) in [6.07, 6.45) is 1.14. The zero-order chi connectivity index (χ0) is 22.0. The van der Waals surface area contributed by atoms with Gasteiger partial charge in [0.2, 0.25) is 11.8 Å². The van der Waals surface area contributed by atoms with Crippen LogP contribution in [0.3, 0.4) is 0 Å². The van der Waals surface area contributed by atoms with Gasteiger partial charge in [-0.1, -0.05) is 26.0 Å². The van der Waals surface area contributed by atoms with Crippen molar-refractivity contribution in [3.8, 4) is 0 Å². The van der Waals surface area contributed by atoms with Crippen LogP contribution in [0.4, 0.5) is 11.4 Å². The van der Waals surface area contributed by atoms with E-state index in [4.69, 9.17) is 0 Å². The Hall–Kier alpha value is -3.68. The van der Waals surface area contributed by atoms with Gasteiger partial charge in [0.1, 0.15) is 11.9 Å². The lowest BCUT2D eigenvalue weighted by atomic mass is 10.1. The van der Waals surface area contributed by atoms with E-state index in [2.05, 4.69) is 39.8 Å². The van der Waals surface area contributed by atoms with E-state index in [0.29, 0.717) is 22.9 Å². The molecule has 1 atom stereocenters. The van der Waals surface area contributed by atoms with Crippen LogP contribution in [-0.2, 0) is 16.0 Å². The van der Waals surface area contributed by atoms with Gasteiger partial charge in [-0.25, -0.2) is 4.98 Å². The van der Waals surface area contributed by atoms with E-state index < -0.39 is 6.04 Å². The van der Waals surface area contributed by atoms with Crippen molar-refractivity contribution in [3.05, 3.63) is 53.9 Å². The van der Waals surface area contributed by atoms with Crippen LogP contribution in [0.5, 0.6) is 0 Å². The molecule has 4 N–H and O–H groups in total. The summed E-state index contributed by atoms with van der Waals surface area (Å²) >= 11 is 0. The summed E-state index contributed by atoms with van der Waals surface area (Å²) in [5.74, 6) is 0.521. The van der Waals surface area contributed by atoms with E-state index >= 15 is 0 Å². The number of rotatable bonds is 6. The van der Waals surface area contributed by atoms with Gasteiger partial charge in [0.25, 0.3) is 5.91 Å². The Bertz CT molecular complexity index is 1150. The number of anilines is 2. The van der Waals surface area contributed by atoms with E-state index in [1.54, 1.807) is 30.3 Å². The highest BCUT2D eigenvalue weighted by molar-refractivity contribution is 6.10. The molecule has 0 saturated heterocycles. The maximum atomic E-state index is 12.5. The van der Waals surface area contributed by atoms with E-state index in [1.807, 2.05) is 12.1 Å². The predicted molar refractivity (Wildman–Crippen MR) is 119 cm³/mol. The average Bonchev–Trinajstić information content (AvgIpc) is 3.06. The number of imidazole rings is 1. The number of para-hydroxylation sites is 1. The second-order valence-electron chi connectivity index (χ2n) is 8.16. The molecule has 3 amide bonds. The summed E-state index contributed by atoms with van der Waals surface area (Å²) in [6, 6.07) is 11.6. The second kappa shape index (κ2) is 8.59. The van der Waals surface area contributed by atoms with Gasteiger partial charge in [-0.3, -0.25) is 14.4 Å². The maximum absolute atomic E-state index is 12.5. The number of carbonyl (C=O) groups is 3. The molecule has 0 fully saturated rings. The van der Waals surface area contributed by atoms with Crippen molar-refractivity contribution in [1.29, 1.82) is 0 Å². The third-order valence-electron chi connectivity index (χ3n) is 5.13. The number of aromatic nitrogens is 2. The van der Waals surface area contributed by atoms with Gasteiger partial charge in [-0.05, 0) is 42.7 Å². The smallest absolute Gasteiger partial charge is 0.254 e. The molecule has 8 nitrogen and oxygen atoms in total. The summed E-state index contributed by atoms with van der Waals surface area (Å²) in [5, 5.41) is 8.30. The molecule has 0 bridgehead atoms. The summed E-state index contributed by atoms with van der Waals surface area (Å²) in [7, 11) is 0. The van der Waals surface area contributed by atoms with Crippen LogP contribution in [0.1, 0.15) is 42.9 Å². The normalized spacial score (nSPS) is 15.9. The van der Waals surface area contributed by atoms with E-state index in [9.17, 15) is 14.4 Å². The molecular formula is C23H25N5O3. The number of hydrogen-bond acceptors (Lipinski definition) is 4. The molecule has 0 spiro atoms. The third kappa shape index (κ3) is 4.74. The van der Waals surface area contributed by atoms with Crippen LogP contribution in [0.15, 0.2) is 42.5 Å². The average molecular weight is 419 g/mol. The van der Waals surface area contributed by atoms with Gasteiger partial charge < -0.3 is 20.9 Å². The monoisotopic (exact) mass is 419 g/mol. The van der Waals surface area contributed by atoms with Crippen molar-refractivity contribution in [2.45, 2.75) is 39.2 Å². The first kappa shape index (κ1) is 20.6. The minimum atomic E-state index is -0.778. The molecule has 1 aliphatic heterocycles. The number of H-pyrrole nitrogens is 1. The van der Waals surface area contributed by atoms with Crippen molar-refractivity contribution in [2.75, 3.05) is 10.6 Å². The van der Waals surface area contributed by atoms with Gasteiger partial charge in [0.05, 0.1) is 22.3 Å². The van der Waals surface area contributed by atoms with E-state index in [0.717, 1.165) is 23.3 Å². The fourth-order valence-electron chi connectivity index (χ4n) is 3.64. The van der Waals surface area contributed by atoms with E-state index in [1.165, 1.54) is 0 Å². The molecule has 3 aromatic rings. The number of carbonyl (C=O) groups excluding carboxylic acids is 3. The topological polar surface area (TPSA) is 116 Å². The number of aromatic amines is 1. The largest absolute Gasteiger partial charge is 0.342 e. The first-order chi connectivity index (χ1) is 14.9. The second-order valence-corrected chi connectivity index (χ2v) is 8.16. The maximum Gasteiger partial charge on any atom is 0.254 e. The van der Waals surface area contributed by atoms with Gasteiger partial charge >= 0.3 is 0 Å². The SMILES string of the molecule is CC(C)Cc1nc2ccc(NC(=O)CCC3NC(=O)c4ccccc4NC3=O)cc2[nH]1. The quantitative estimate of drug-likeness (QED) is 0.491. The summed E-state index contributed by atoms with van der Waals surface area (Å²) < 4.78 is 0. The van der Waals surface area contributed by atoms with Crippen molar-refractivity contribution in [2.24, 2.45) is 5.92 Å². The molecule has 2 heterocycles. The van der Waals surface area contributed by atoms with Crippen LogP contribution >= 0.6 is 0 Å². The number of nitrogens with one attached hydrogen (secondary N) is 4. The lowest BCUT2D eigenvalue weighted by molar-refractivity contribution is -0.118. The van der Waals surface area contributed by atoms with Crippen molar-refractivity contribution < 1.29 is 14.4 Å². The molecule has 1 unspecified atom stereocenters. The highest BCUT2D eigenvalue weighted by Gasteiger charge is 2.27. The molecule has 160 valence electrons. The Labute approximate surface area is 179 Å². The minimum absolute atomic E-state index is 0.0916. The highest BCUT2D eigenvalue weighted by Crippen LogP contribution is 2.21. The highest BCUT2D eigenvalue weighted by atomic mass is 16.2. The molecule has 31 heavy (non-hydrogen) atoms. The minimum Gasteiger partial charge on any atom is -0.342 e. The van der Waals surface area contributed by atoms with Crippen molar-refractivity contribution >= 4 is 40.1 Å². The Balaban J connectivity index is 1.37. The Morgan fingerprint density at radius 3 is 2.77 bits per heavy atom. The lowest BCUT2D eigenvalue weighted by Gasteiger charge is -2.14. The Kier molecular flexibility index (Phi) is 5.70. The zero-order valence-corrected chi connectivity index (χ0v) is 17.5. The van der Waals surface area contributed by atoms with E-state index in [-0.39, 0.29) is 30.6 Å².